The fourth-order valence-electron chi connectivity index (χ4n) is 2.42. The molecule has 25 heavy (non-hydrogen) atoms. The van der Waals surface area contributed by atoms with Crippen LogP contribution in [0.2, 0.25) is 0 Å². The zero-order valence-corrected chi connectivity index (χ0v) is 12.7. The quantitative estimate of drug-likeness (QED) is 0.612. The van der Waals surface area contributed by atoms with Gasteiger partial charge in [-0.05, 0) is 30.3 Å². The number of phenolic OH excluding ortho intramolecular Hbond substituents is 1. The Morgan fingerprint density at radius 2 is 1.44 bits per heavy atom. The average molecular weight is 336 g/mol. The zero-order chi connectivity index (χ0) is 18.0. The summed E-state index contributed by atoms with van der Waals surface area (Å²) in [5.74, 6) is -2.57. The minimum atomic E-state index is -1.36. The average Bonchev–Trinajstić information content (AvgIpc) is 2.61. The lowest BCUT2D eigenvalue weighted by molar-refractivity contribution is 0.0651. The Labute approximate surface area is 141 Å². The lowest BCUT2D eigenvalue weighted by Gasteiger charge is -2.04. The highest BCUT2D eigenvalue weighted by atomic mass is 16.4. The van der Waals surface area contributed by atoms with Gasteiger partial charge < -0.3 is 15.3 Å². The normalized spacial score (nSPS) is 11.0. The number of rotatable bonds is 4. The molecule has 0 aliphatic rings. The fraction of sp³-hybridized carbons (Fsp3) is 0. The van der Waals surface area contributed by atoms with Crippen LogP contribution in [0.25, 0.3) is 10.8 Å². The maximum atomic E-state index is 11.2. The standard InChI is InChI=1S/C18H12N2O5/c21-16-8-7-15(11-3-1-2-4-12(11)16)20-19-10-5-6-13(17(22)23)14(9-10)18(24)25/h1-9,21H,(H,22,23)(H,24,25). The van der Waals surface area contributed by atoms with E-state index in [0.29, 0.717) is 16.5 Å². The zero-order valence-electron chi connectivity index (χ0n) is 12.7. The summed E-state index contributed by atoms with van der Waals surface area (Å²) in [5, 5.41) is 37.4. The Morgan fingerprint density at radius 3 is 2.12 bits per heavy atom. The number of nitrogens with zero attached hydrogens (tertiary/aromatic N) is 2. The van der Waals surface area contributed by atoms with E-state index in [1.165, 1.54) is 18.2 Å². The number of carboxylic acids is 2. The Balaban J connectivity index is 2.03. The molecule has 0 heterocycles. The summed E-state index contributed by atoms with van der Waals surface area (Å²) in [7, 11) is 0. The van der Waals surface area contributed by atoms with Gasteiger partial charge in [0.05, 0.1) is 22.5 Å². The minimum absolute atomic E-state index is 0.119. The van der Waals surface area contributed by atoms with Gasteiger partial charge in [-0.2, -0.15) is 5.11 Å². The van der Waals surface area contributed by atoms with Crippen LogP contribution >= 0.6 is 0 Å². The van der Waals surface area contributed by atoms with E-state index in [9.17, 15) is 14.7 Å². The van der Waals surface area contributed by atoms with Crippen LogP contribution in [0.15, 0.2) is 64.8 Å². The fourth-order valence-corrected chi connectivity index (χ4v) is 2.42. The third-order valence-electron chi connectivity index (χ3n) is 3.62. The second-order valence-corrected chi connectivity index (χ2v) is 5.19. The molecule has 3 rings (SSSR count). The monoisotopic (exact) mass is 336 g/mol. The van der Waals surface area contributed by atoms with Crippen molar-refractivity contribution in [3.8, 4) is 5.75 Å². The Bertz CT molecular complexity index is 1030. The molecular weight excluding hydrogens is 324 g/mol. The van der Waals surface area contributed by atoms with E-state index in [1.807, 2.05) is 0 Å². The van der Waals surface area contributed by atoms with Crippen molar-refractivity contribution < 1.29 is 24.9 Å². The van der Waals surface area contributed by atoms with E-state index >= 15 is 0 Å². The number of benzene rings is 3. The van der Waals surface area contributed by atoms with E-state index in [4.69, 9.17) is 10.2 Å². The van der Waals surface area contributed by atoms with Crippen molar-refractivity contribution in [3.63, 3.8) is 0 Å². The Kier molecular flexibility index (Phi) is 4.13. The molecule has 3 N–H and O–H groups in total. The summed E-state index contributed by atoms with van der Waals surface area (Å²) in [4.78, 5) is 22.3. The molecule has 0 saturated heterocycles. The highest BCUT2D eigenvalue weighted by molar-refractivity contribution is 6.02. The summed E-state index contributed by atoms with van der Waals surface area (Å²) < 4.78 is 0. The van der Waals surface area contributed by atoms with Gasteiger partial charge in [0, 0.05) is 10.8 Å². The number of azo groups is 1. The van der Waals surface area contributed by atoms with Gasteiger partial charge in [-0.15, -0.1) is 5.11 Å². The van der Waals surface area contributed by atoms with E-state index in [1.54, 1.807) is 30.3 Å². The number of carbonyl (C=O) groups is 2. The lowest BCUT2D eigenvalue weighted by Crippen LogP contribution is -2.07. The third kappa shape index (κ3) is 3.16. The molecule has 0 aliphatic carbocycles. The van der Waals surface area contributed by atoms with E-state index < -0.39 is 11.9 Å². The Hall–Kier alpha value is -3.74. The van der Waals surface area contributed by atoms with Crippen LogP contribution in [-0.4, -0.2) is 27.3 Å². The van der Waals surface area contributed by atoms with Crippen molar-refractivity contribution in [2.24, 2.45) is 10.2 Å². The molecule has 0 spiro atoms. The van der Waals surface area contributed by atoms with Crippen LogP contribution in [0.1, 0.15) is 20.7 Å². The third-order valence-corrected chi connectivity index (χ3v) is 3.62. The summed E-state index contributed by atoms with van der Waals surface area (Å²) in [6.45, 7) is 0. The van der Waals surface area contributed by atoms with Gasteiger partial charge in [0.1, 0.15) is 5.75 Å². The molecule has 0 atom stereocenters. The maximum absolute atomic E-state index is 11.2. The van der Waals surface area contributed by atoms with Crippen molar-refractivity contribution in [1.29, 1.82) is 0 Å². The number of aromatic hydroxyl groups is 1. The molecule has 7 nitrogen and oxygen atoms in total. The number of carboxylic acid groups (broad SMARTS) is 2. The first-order valence-electron chi connectivity index (χ1n) is 7.20. The molecule has 7 heteroatoms. The first-order valence-corrected chi connectivity index (χ1v) is 7.20. The van der Waals surface area contributed by atoms with Crippen LogP contribution < -0.4 is 0 Å². The topological polar surface area (TPSA) is 120 Å². The molecule has 0 aromatic heterocycles. The molecule has 3 aromatic rings. The van der Waals surface area contributed by atoms with Crippen molar-refractivity contribution in [2.45, 2.75) is 0 Å². The number of hydrogen-bond donors (Lipinski definition) is 3. The van der Waals surface area contributed by atoms with Gasteiger partial charge in [-0.25, -0.2) is 9.59 Å². The van der Waals surface area contributed by atoms with Gasteiger partial charge in [-0.1, -0.05) is 24.3 Å². The van der Waals surface area contributed by atoms with Crippen LogP contribution in [0.4, 0.5) is 11.4 Å². The van der Waals surface area contributed by atoms with Gasteiger partial charge in [0.15, 0.2) is 0 Å². The summed E-state index contributed by atoms with van der Waals surface area (Å²) in [6.07, 6.45) is 0. The van der Waals surface area contributed by atoms with E-state index in [2.05, 4.69) is 10.2 Å². The molecule has 0 radical (unpaired) electrons. The summed E-state index contributed by atoms with van der Waals surface area (Å²) in [6, 6.07) is 13.9. The lowest BCUT2D eigenvalue weighted by atomic mass is 10.1. The van der Waals surface area contributed by atoms with Gasteiger partial charge in [0.2, 0.25) is 0 Å². The Morgan fingerprint density at radius 1 is 0.760 bits per heavy atom. The largest absolute Gasteiger partial charge is 0.507 e. The van der Waals surface area contributed by atoms with Gasteiger partial charge in [-0.3, -0.25) is 0 Å². The van der Waals surface area contributed by atoms with E-state index in [-0.39, 0.29) is 22.6 Å². The highest BCUT2D eigenvalue weighted by Gasteiger charge is 2.16. The number of phenols is 1. The van der Waals surface area contributed by atoms with Crippen LogP contribution in [0.3, 0.4) is 0 Å². The molecule has 124 valence electrons. The van der Waals surface area contributed by atoms with Gasteiger partial charge >= 0.3 is 11.9 Å². The first kappa shape index (κ1) is 16.1. The second-order valence-electron chi connectivity index (χ2n) is 5.19. The molecule has 0 bridgehead atoms. The smallest absolute Gasteiger partial charge is 0.336 e. The molecule has 0 fully saturated rings. The van der Waals surface area contributed by atoms with Crippen LogP contribution in [0.5, 0.6) is 5.75 Å². The number of aromatic carboxylic acids is 2. The molecular formula is C18H12N2O5. The SMILES string of the molecule is O=C(O)c1ccc(N=Nc2ccc(O)c3ccccc23)cc1C(=O)O. The highest BCUT2D eigenvalue weighted by Crippen LogP contribution is 2.33. The summed E-state index contributed by atoms with van der Waals surface area (Å²) in [5.41, 5.74) is 0.0215. The van der Waals surface area contributed by atoms with Crippen LogP contribution in [0, 0.1) is 0 Å². The van der Waals surface area contributed by atoms with E-state index in [0.717, 1.165) is 6.07 Å². The van der Waals surface area contributed by atoms with Gasteiger partial charge in [0.25, 0.3) is 0 Å². The molecule has 3 aromatic carbocycles. The first-order chi connectivity index (χ1) is 12.0. The molecule has 0 unspecified atom stereocenters. The molecule has 0 saturated carbocycles. The van der Waals surface area contributed by atoms with Crippen molar-refractivity contribution in [2.75, 3.05) is 0 Å². The van der Waals surface area contributed by atoms with Crippen LogP contribution in [-0.2, 0) is 0 Å². The molecule has 0 amide bonds. The van der Waals surface area contributed by atoms with Crippen molar-refractivity contribution >= 4 is 34.1 Å². The predicted molar refractivity (Wildman–Crippen MR) is 90.1 cm³/mol. The van der Waals surface area contributed by atoms with Crippen molar-refractivity contribution in [1.82, 2.24) is 0 Å². The molecule has 0 aliphatic heterocycles. The maximum Gasteiger partial charge on any atom is 0.336 e. The van der Waals surface area contributed by atoms with Crippen molar-refractivity contribution in [3.05, 3.63) is 65.7 Å². The number of fused-ring (bicyclic) bond motifs is 1. The minimum Gasteiger partial charge on any atom is -0.507 e. The second kappa shape index (κ2) is 6.40. The summed E-state index contributed by atoms with van der Waals surface area (Å²) >= 11 is 0. The predicted octanol–water partition coefficient (Wildman–Crippen LogP) is 4.36. The number of hydrogen-bond acceptors (Lipinski definition) is 5.